The summed E-state index contributed by atoms with van der Waals surface area (Å²) in [5.41, 5.74) is 0. The number of nitrogens with zero attached hydrogens (tertiary/aromatic N) is 2. The Morgan fingerprint density at radius 1 is 1.47 bits per heavy atom. The van der Waals surface area contributed by atoms with Crippen molar-refractivity contribution in [2.75, 3.05) is 40.4 Å². The summed E-state index contributed by atoms with van der Waals surface area (Å²) >= 11 is 0. The summed E-state index contributed by atoms with van der Waals surface area (Å²) in [6.07, 6.45) is -0.354. The number of likely N-dealkylation sites (N-methyl/N-ethyl adjacent to an activating group) is 1. The van der Waals surface area contributed by atoms with Crippen molar-refractivity contribution in [3.05, 3.63) is 0 Å². The maximum Gasteiger partial charge on any atom is 0.409 e. The van der Waals surface area contributed by atoms with Crippen LogP contribution in [0, 0.1) is 0 Å². The normalized spacial score (nSPS) is 21.7. The zero-order chi connectivity index (χ0) is 11.8. The summed E-state index contributed by atoms with van der Waals surface area (Å²) in [6, 6.07) is -0.133. The molecule has 5 heteroatoms. The number of hydrogen-bond donors (Lipinski definition) is 1. The number of methoxy groups -OCH3 is 1. The minimum Gasteiger partial charge on any atom is -0.453 e. The fourth-order valence-electron chi connectivity index (χ4n) is 1.52. The van der Waals surface area contributed by atoms with Crippen LogP contribution in [0.5, 0.6) is 0 Å². The van der Waals surface area contributed by atoms with Gasteiger partial charge in [-0.05, 0) is 7.05 Å². The van der Waals surface area contributed by atoms with Crippen molar-refractivity contribution in [1.29, 1.82) is 0 Å². The van der Waals surface area contributed by atoms with Gasteiger partial charge in [0, 0.05) is 19.6 Å². The van der Waals surface area contributed by atoms with Gasteiger partial charge < -0.3 is 19.6 Å². The van der Waals surface area contributed by atoms with Gasteiger partial charge in [0.1, 0.15) is 0 Å². The summed E-state index contributed by atoms with van der Waals surface area (Å²) < 4.78 is 4.61. The molecule has 0 radical (unpaired) electrons. The fraction of sp³-hybridized carbons (Fsp3) is 0.900. The van der Waals surface area contributed by atoms with Crippen LogP contribution in [-0.4, -0.2) is 67.4 Å². The average molecular weight is 218 g/mol. The second-order valence-electron chi connectivity index (χ2n) is 3.26. The zero-order valence-corrected chi connectivity index (χ0v) is 10.1. The number of carbonyl (C=O) groups is 1. The van der Waals surface area contributed by atoms with E-state index < -0.39 is 0 Å². The molecule has 90 valence electrons. The third-order valence-electron chi connectivity index (χ3n) is 2.31. The van der Waals surface area contributed by atoms with Gasteiger partial charge in [-0.1, -0.05) is 13.8 Å². The van der Waals surface area contributed by atoms with Crippen molar-refractivity contribution in [2.45, 2.75) is 19.9 Å². The molecule has 1 rings (SSSR count). The largest absolute Gasteiger partial charge is 0.453 e. The Kier molecular flexibility index (Phi) is 7.07. The summed E-state index contributed by atoms with van der Waals surface area (Å²) in [7, 11) is 3.33. The topological polar surface area (TPSA) is 53.0 Å². The minimum absolute atomic E-state index is 0.0144. The van der Waals surface area contributed by atoms with Gasteiger partial charge in [-0.3, -0.25) is 0 Å². The number of piperazine rings is 1. The predicted molar refractivity (Wildman–Crippen MR) is 58.8 cm³/mol. The molecular formula is C10H22N2O3. The Morgan fingerprint density at radius 2 is 2.07 bits per heavy atom. The molecule has 0 aliphatic carbocycles. The Hall–Kier alpha value is -0.810. The van der Waals surface area contributed by atoms with Gasteiger partial charge in [0.15, 0.2) is 0 Å². The van der Waals surface area contributed by atoms with Gasteiger partial charge in [0.25, 0.3) is 0 Å². The van der Waals surface area contributed by atoms with E-state index in [0.29, 0.717) is 13.1 Å². The highest BCUT2D eigenvalue weighted by Gasteiger charge is 2.28. The molecule has 1 amide bonds. The lowest BCUT2D eigenvalue weighted by molar-refractivity contribution is 0.0418. The summed E-state index contributed by atoms with van der Waals surface area (Å²) in [4.78, 5) is 14.9. The summed E-state index contributed by atoms with van der Waals surface area (Å²) in [5, 5.41) is 9.05. The van der Waals surface area contributed by atoms with E-state index in [2.05, 4.69) is 9.64 Å². The van der Waals surface area contributed by atoms with Gasteiger partial charge in [-0.25, -0.2) is 4.79 Å². The van der Waals surface area contributed by atoms with Crippen molar-refractivity contribution < 1.29 is 14.6 Å². The van der Waals surface area contributed by atoms with Gasteiger partial charge in [-0.2, -0.15) is 0 Å². The standard InChI is InChI=1S/C8H16N2O3.C2H6/c1-9-3-4-10(8(12)13-2)7(5-9)6-11;1-2/h7,11H,3-6H2,1-2H3;1-2H3. The minimum atomic E-state index is -0.354. The molecule has 0 spiro atoms. The second-order valence-corrected chi connectivity index (χ2v) is 3.26. The molecule has 15 heavy (non-hydrogen) atoms. The molecule has 1 atom stereocenters. The quantitative estimate of drug-likeness (QED) is 0.691. The van der Waals surface area contributed by atoms with Crippen molar-refractivity contribution in [3.8, 4) is 0 Å². The van der Waals surface area contributed by atoms with Gasteiger partial charge in [0.05, 0.1) is 19.8 Å². The van der Waals surface area contributed by atoms with E-state index >= 15 is 0 Å². The third kappa shape index (κ3) is 4.05. The van der Waals surface area contributed by atoms with Gasteiger partial charge in [0.2, 0.25) is 0 Å². The number of amides is 1. The number of carbonyl (C=O) groups excluding carboxylic acids is 1. The highest BCUT2D eigenvalue weighted by Crippen LogP contribution is 2.08. The molecule has 1 heterocycles. The molecule has 1 N–H and O–H groups in total. The zero-order valence-electron chi connectivity index (χ0n) is 10.1. The van der Waals surface area contributed by atoms with Crippen molar-refractivity contribution in [2.24, 2.45) is 0 Å². The van der Waals surface area contributed by atoms with Crippen LogP contribution in [-0.2, 0) is 4.74 Å². The molecule has 0 bridgehead atoms. The molecule has 0 aromatic heterocycles. The summed E-state index contributed by atoms with van der Waals surface area (Å²) in [5.74, 6) is 0. The van der Waals surface area contributed by atoms with E-state index in [-0.39, 0.29) is 18.7 Å². The molecule has 0 aromatic rings. The smallest absolute Gasteiger partial charge is 0.409 e. The van der Waals surface area contributed by atoms with Gasteiger partial charge >= 0.3 is 6.09 Å². The molecule has 1 unspecified atom stereocenters. The maximum absolute atomic E-state index is 11.2. The number of rotatable bonds is 1. The number of aliphatic hydroxyl groups excluding tert-OH is 1. The van der Waals surface area contributed by atoms with Crippen LogP contribution in [0.4, 0.5) is 4.79 Å². The Bertz CT molecular complexity index is 188. The lowest BCUT2D eigenvalue weighted by atomic mass is 10.2. The Morgan fingerprint density at radius 3 is 2.53 bits per heavy atom. The van der Waals surface area contributed by atoms with Crippen LogP contribution >= 0.6 is 0 Å². The molecule has 1 fully saturated rings. The van der Waals surface area contributed by atoms with Crippen LogP contribution in [0.3, 0.4) is 0 Å². The lowest BCUT2D eigenvalue weighted by Gasteiger charge is -2.37. The van der Waals surface area contributed by atoms with E-state index in [1.165, 1.54) is 7.11 Å². The first-order valence-electron chi connectivity index (χ1n) is 5.33. The molecule has 0 aromatic carbocycles. The lowest BCUT2D eigenvalue weighted by Crippen LogP contribution is -2.55. The third-order valence-corrected chi connectivity index (χ3v) is 2.31. The summed E-state index contributed by atoms with van der Waals surface area (Å²) in [6.45, 7) is 6.13. The maximum atomic E-state index is 11.2. The van der Waals surface area contributed by atoms with E-state index in [1.807, 2.05) is 20.9 Å². The molecule has 0 saturated carbocycles. The molecular weight excluding hydrogens is 196 g/mol. The van der Waals surface area contributed by atoms with Crippen LogP contribution < -0.4 is 0 Å². The second kappa shape index (κ2) is 7.48. The van der Waals surface area contributed by atoms with Gasteiger partial charge in [-0.15, -0.1) is 0 Å². The van der Waals surface area contributed by atoms with Crippen molar-refractivity contribution in [3.63, 3.8) is 0 Å². The van der Waals surface area contributed by atoms with E-state index in [1.54, 1.807) is 4.90 Å². The highest BCUT2D eigenvalue weighted by molar-refractivity contribution is 5.68. The van der Waals surface area contributed by atoms with Crippen LogP contribution in [0.1, 0.15) is 13.8 Å². The SMILES string of the molecule is CC.COC(=O)N1CCN(C)CC1CO. The van der Waals surface area contributed by atoms with E-state index in [0.717, 1.165) is 6.54 Å². The Balaban J connectivity index is 0.000000921. The first-order valence-corrected chi connectivity index (χ1v) is 5.33. The number of hydrogen-bond acceptors (Lipinski definition) is 4. The van der Waals surface area contributed by atoms with E-state index in [4.69, 9.17) is 5.11 Å². The number of aliphatic hydroxyl groups is 1. The molecule has 1 aliphatic heterocycles. The van der Waals surface area contributed by atoms with Crippen LogP contribution in [0.15, 0.2) is 0 Å². The average Bonchev–Trinajstić information content (AvgIpc) is 2.30. The first-order chi connectivity index (χ1) is 7.19. The molecule has 1 aliphatic rings. The fourth-order valence-corrected chi connectivity index (χ4v) is 1.52. The van der Waals surface area contributed by atoms with Crippen LogP contribution in [0.2, 0.25) is 0 Å². The van der Waals surface area contributed by atoms with Crippen molar-refractivity contribution >= 4 is 6.09 Å². The monoisotopic (exact) mass is 218 g/mol. The molecule has 1 saturated heterocycles. The highest BCUT2D eigenvalue weighted by atomic mass is 16.5. The first kappa shape index (κ1) is 14.2. The number of ether oxygens (including phenoxy) is 1. The van der Waals surface area contributed by atoms with E-state index in [9.17, 15) is 4.79 Å². The Labute approximate surface area is 91.6 Å². The molecule has 5 nitrogen and oxygen atoms in total. The van der Waals surface area contributed by atoms with Crippen molar-refractivity contribution in [1.82, 2.24) is 9.80 Å². The van der Waals surface area contributed by atoms with Crippen LogP contribution in [0.25, 0.3) is 0 Å². The predicted octanol–water partition coefficient (Wildman–Crippen LogP) is 0.387.